The first-order chi connectivity index (χ1) is 6.74. The van der Waals surface area contributed by atoms with Crippen molar-refractivity contribution in [1.29, 1.82) is 0 Å². The number of rotatable bonds is 5. The molecule has 0 bridgehead atoms. The number of hydrogen-bond acceptors (Lipinski definition) is 3. The molecule has 1 unspecified atom stereocenters. The Morgan fingerprint density at radius 1 is 1.36 bits per heavy atom. The minimum Gasteiger partial charge on any atom is -0.307 e. The zero-order valence-electron chi connectivity index (χ0n) is 9.38. The molecule has 0 radical (unpaired) electrons. The molecule has 1 saturated heterocycles. The maximum Gasteiger partial charge on any atom is 0.147 e. The summed E-state index contributed by atoms with van der Waals surface area (Å²) in [5.41, 5.74) is 0. The number of Topliss-reactive ketones (excluding diaryl/α,β-unsaturated/α-hetero) is 1. The first-order valence-electron chi connectivity index (χ1n) is 5.70. The fourth-order valence-electron chi connectivity index (χ4n) is 1.98. The van der Waals surface area contributed by atoms with Crippen molar-refractivity contribution in [3.05, 3.63) is 0 Å². The lowest BCUT2D eigenvalue weighted by atomic mass is 10.1. The van der Waals surface area contributed by atoms with Gasteiger partial charge in [0, 0.05) is 6.54 Å². The van der Waals surface area contributed by atoms with Crippen molar-refractivity contribution in [3.63, 3.8) is 0 Å². The Morgan fingerprint density at radius 2 is 2.00 bits per heavy atom. The average molecular weight is 198 g/mol. The summed E-state index contributed by atoms with van der Waals surface area (Å²) in [5, 5.41) is 3.24. The summed E-state index contributed by atoms with van der Waals surface area (Å²) < 4.78 is 0. The van der Waals surface area contributed by atoms with E-state index in [4.69, 9.17) is 0 Å². The zero-order valence-corrected chi connectivity index (χ0v) is 9.38. The van der Waals surface area contributed by atoms with E-state index in [0.29, 0.717) is 0 Å². The second-order valence-corrected chi connectivity index (χ2v) is 4.08. The summed E-state index contributed by atoms with van der Waals surface area (Å²) in [6.45, 7) is 7.81. The van der Waals surface area contributed by atoms with Crippen molar-refractivity contribution >= 4 is 5.78 Å². The number of carbonyl (C=O) groups is 1. The summed E-state index contributed by atoms with van der Waals surface area (Å²) in [6.07, 6.45) is 3.93. The van der Waals surface area contributed by atoms with Gasteiger partial charge in [-0.2, -0.15) is 0 Å². The van der Waals surface area contributed by atoms with Crippen molar-refractivity contribution in [2.45, 2.75) is 39.2 Å². The van der Waals surface area contributed by atoms with Crippen LogP contribution in [0.5, 0.6) is 0 Å². The van der Waals surface area contributed by atoms with Gasteiger partial charge in [0.2, 0.25) is 0 Å². The van der Waals surface area contributed by atoms with Crippen molar-refractivity contribution in [2.75, 3.05) is 26.2 Å². The molecule has 0 aromatic carbocycles. The third kappa shape index (κ3) is 3.76. The number of likely N-dealkylation sites (N-methyl/N-ethyl adjacent to an activating group) is 1. The second-order valence-electron chi connectivity index (χ2n) is 4.08. The van der Waals surface area contributed by atoms with E-state index in [1.807, 2.05) is 6.92 Å². The van der Waals surface area contributed by atoms with Crippen LogP contribution in [0.2, 0.25) is 0 Å². The van der Waals surface area contributed by atoms with Crippen LogP contribution in [0.1, 0.15) is 33.1 Å². The highest BCUT2D eigenvalue weighted by Gasteiger charge is 2.18. The highest BCUT2D eigenvalue weighted by atomic mass is 16.1. The fraction of sp³-hybridized carbons (Fsp3) is 0.909. The lowest BCUT2D eigenvalue weighted by Crippen LogP contribution is -2.46. The molecule has 1 rings (SSSR count). The van der Waals surface area contributed by atoms with Gasteiger partial charge in [-0.1, -0.05) is 13.3 Å². The first kappa shape index (κ1) is 11.7. The van der Waals surface area contributed by atoms with Crippen LogP contribution < -0.4 is 5.32 Å². The van der Waals surface area contributed by atoms with Gasteiger partial charge in [-0.3, -0.25) is 4.79 Å². The van der Waals surface area contributed by atoms with E-state index in [-0.39, 0.29) is 11.8 Å². The molecule has 1 N–H and O–H groups in total. The number of piperidine rings is 1. The molecule has 0 aromatic heterocycles. The van der Waals surface area contributed by atoms with Gasteiger partial charge in [0.1, 0.15) is 5.78 Å². The van der Waals surface area contributed by atoms with Gasteiger partial charge >= 0.3 is 0 Å². The molecule has 3 heteroatoms. The molecule has 0 aliphatic carbocycles. The molecule has 0 aromatic rings. The molecule has 1 heterocycles. The van der Waals surface area contributed by atoms with Gasteiger partial charge in [-0.05, 0) is 39.4 Å². The van der Waals surface area contributed by atoms with Crippen molar-refractivity contribution in [2.24, 2.45) is 0 Å². The maximum atomic E-state index is 11.3. The van der Waals surface area contributed by atoms with Crippen LogP contribution in [-0.4, -0.2) is 42.9 Å². The van der Waals surface area contributed by atoms with E-state index >= 15 is 0 Å². The Bertz CT molecular complexity index is 176. The number of hydrogen-bond donors (Lipinski definition) is 1. The van der Waals surface area contributed by atoms with Crippen molar-refractivity contribution in [1.82, 2.24) is 10.2 Å². The molecular weight excluding hydrogens is 176 g/mol. The van der Waals surface area contributed by atoms with Gasteiger partial charge < -0.3 is 10.2 Å². The molecule has 0 spiro atoms. The molecule has 3 nitrogen and oxygen atoms in total. The summed E-state index contributed by atoms with van der Waals surface area (Å²) >= 11 is 0. The van der Waals surface area contributed by atoms with Gasteiger partial charge in [0.25, 0.3) is 0 Å². The normalized spacial score (nSPS) is 20.7. The van der Waals surface area contributed by atoms with E-state index in [0.717, 1.165) is 26.2 Å². The van der Waals surface area contributed by atoms with Crippen molar-refractivity contribution in [3.8, 4) is 0 Å². The SMILES string of the molecule is CCNC(CN1CCCCC1)C(C)=O. The van der Waals surface area contributed by atoms with Gasteiger partial charge in [-0.15, -0.1) is 0 Å². The van der Waals surface area contributed by atoms with Crippen LogP contribution in [0.3, 0.4) is 0 Å². The van der Waals surface area contributed by atoms with Gasteiger partial charge in [-0.25, -0.2) is 0 Å². The lowest BCUT2D eigenvalue weighted by Gasteiger charge is -2.29. The second kappa shape index (κ2) is 6.14. The molecule has 1 aliphatic heterocycles. The van der Waals surface area contributed by atoms with E-state index in [1.165, 1.54) is 19.3 Å². The summed E-state index contributed by atoms with van der Waals surface area (Å²) in [6, 6.07) is 0.0399. The highest BCUT2D eigenvalue weighted by molar-refractivity contribution is 5.81. The van der Waals surface area contributed by atoms with E-state index in [9.17, 15) is 4.79 Å². The largest absolute Gasteiger partial charge is 0.307 e. The van der Waals surface area contributed by atoms with Crippen LogP contribution >= 0.6 is 0 Å². The highest BCUT2D eigenvalue weighted by Crippen LogP contribution is 2.08. The number of carbonyl (C=O) groups excluding carboxylic acids is 1. The monoisotopic (exact) mass is 198 g/mol. The fourth-order valence-corrected chi connectivity index (χ4v) is 1.98. The predicted octanol–water partition coefficient (Wildman–Crippen LogP) is 1.04. The quantitative estimate of drug-likeness (QED) is 0.716. The standard InChI is InChI=1S/C11H22N2O/c1-3-12-11(10(2)14)9-13-7-5-4-6-8-13/h11-12H,3-9H2,1-2H3. The Kier molecular flexibility index (Phi) is 5.12. The predicted molar refractivity (Wildman–Crippen MR) is 58.4 cm³/mol. The number of nitrogens with zero attached hydrogens (tertiary/aromatic N) is 1. The Balaban J connectivity index is 2.33. The smallest absolute Gasteiger partial charge is 0.147 e. The van der Waals surface area contributed by atoms with Gasteiger partial charge in [0.15, 0.2) is 0 Å². The van der Waals surface area contributed by atoms with Crippen LogP contribution in [0.15, 0.2) is 0 Å². The first-order valence-corrected chi connectivity index (χ1v) is 5.70. The van der Waals surface area contributed by atoms with Crippen LogP contribution in [0, 0.1) is 0 Å². The number of nitrogens with one attached hydrogen (secondary N) is 1. The van der Waals surface area contributed by atoms with E-state index < -0.39 is 0 Å². The third-order valence-electron chi connectivity index (χ3n) is 2.83. The lowest BCUT2D eigenvalue weighted by molar-refractivity contribution is -0.119. The molecule has 14 heavy (non-hydrogen) atoms. The molecule has 82 valence electrons. The minimum absolute atomic E-state index is 0.0399. The van der Waals surface area contributed by atoms with E-state index in [1.54, 1.807) is 6.92 Å². The maximum absolute atomic E-state index is 11.3. The molecular formula is C11H22N2O. The zero-order chi connectivity index (χ0) is 10.4. The molecule has 1 atom stereocenters. The minimum atomic E-state index is 0.0399. The summed E-state index contributed by atoms with van der Waals surface area (Å²) in [7, 11) is 0. The number of likely N-dealkylation sites (tertiary alicyclic amines) is 1. The molecule has 1 aliphatic rings. The summed E-state index contributed by atoms with van der Waals surface area (Å²) in [4.78, 5) is 13.7. The average Bonchev–Trinajstić information content (AvgIpc) is 2.18. The number of ketones is 1. The molecule has 0 saturated carbocycles. The Labute approximate surface area is 86.9 Å². The van der Waals surface area contributed by atoms with Crippen LogP contribution in [0.4, 0.5) is 0 Å². The molecule has 0 amide bonds. The summed E-state index contributed by atoms with van der Waals surface area (Å²) in [5.74, 6) is 0.262. The molecule has 1 fully saturated rings. The van der Waals surface area contributed by atoms with Crippen LogP contribution in [0.25, 0.3) is 0 Å². The van der Waals surface area contributed by atoms with Crippen LogP contribution in [-0.2, 0) is 4.79 Å². The van der Waals surface area contributed by atoms with E-state index in [2.05, 4.69) is 10.2 Å². The van der Waals surface area contributed by atoms with Crippen molar-refractivity contribution < 1.29 is 4.79 Å². The Morgan fingerprint density at radius 3 is 2.50 bits per heavy atom. The van der Waals surface area contributed by atoms with Gasteiger partial charge in [0.05, 0.1) is 6.04 Å². The topological polar surface area (TPSA) is 32.3 Å². The third-order valence-corrected chi connectivity index (χ3v) is 2.83. The Hall–Kier alpha value is -0.410.